The molecule has 4 rings (SSSR count). The zero-order chi connectivity index (χ0) is 25.0. The van der Waals surface area contributed by atoms with E-state index in [9.17, 15) is 0 Å². The van der Waals surface area contributed by atoms with Crippen molar-refractivity contribution in [1.29, 1.82) is 0 Å². The van der Waals surface area contributed by atoms with Crippen LogP contribution in [0.15, 0.2) is 52.7 Å². The van der Waals surface area contributed by atoms with Crippen molar-refractivity contribution in [1.82, 2.24) is 14.9 Å². The number of nitrogens with two attached hydrogens (primary N) is 2. The van der Waals surface area contributed by atoms with E-state index in [1.54, 1.807) is 25.0 Å². The summed E-state index contributed by atoms with van der Waals surface area (Å²) < 4.78 is 12.0. The Hall–Kier alpha value is -3.34. The van der Waals surface area contributed by atoms with Gasteiger partial charge in [0.1, 0.15) is 30.0 Å². The van der Waals surface area contributed by atoms with Crippen LogP contribution in [-0.4, -0.2) is 73.8 Å². The lowest BCUT2D eigenvalue weighted by molar-refractivity contribution is -0.140. The van der Waals surface area contributed by atoms with Gasteiger partial charge >= 0.3 is 0 Å². The molecule has 0 saturated carbocycles. The minimum Gasteiger partial charge on any atom is -0.491 e. The van der Waals surface area contributed by atoms with Crippen LogP contribution in [0.3, 0.4) is 0 Å². The van der Waals surface area contributed by atoms with Gasteiger partial charge in [0, 0.05) is 41.3 Å². The number of nitrogens with one attached hydrogen (secondary N) is 1. The molecule has 5 N–H and O–H groups in total. The molecule has 1 fully saturated rings. The number of benzene rings is 2. The van der Waals surface area contributed by atoms with Gasteiger partial charge in [0.15, 0.2) is 0 Å². The fourth-order valence-corrected chi connectivity index (χ4v) is 4.38. The fraction of sp³-hybridized carbons (Fsp3) is 0.320. The average Bonchev–Trinajstić information content (AvgIpc) is 2.82. The zero-order valence-corrected chi connectivity index (χ0v) is 21.2. The van der Waals surface area contributed by atoms with Crippen molar-refractivity contribution in [2.24, 2.45) is 10.7 Å². The van der Waals surface area contributed by atoms with E-state index in [1.807, 2.05) is 50.7 Å². The number of likely N-dealkylation sites (N-methyl/N-ethyl adjacent to an activating group) is 1. The Balaban J connectivity index is 1.80. The standard InChI is InChI=1S/C25H31N7O2S/c1-28-11-17(10-26)16-7-20-23(21(8-16)34-14-25(32(2)3)12-33-13-25)24(30-15-29-20)31-18-5-6-19(27)22(9-18)35-4/h5-11,15H,12-14,26-27H2,1-4H3,(H,29,30,31)/b17-10+,28-11?. The first-order valence-corrected chi connectivity index (χ1v) is 12.3. The lowest BCUT2D eigenvalue weighted by Crippen LogP contribution is -2.63. The maximum absolute atomic E-state index is 6.47. The molecule has 0 unspecified atom stereocenters. The van der Waals surface area contributed by atoms with Gasteiger partial charge in [-0.1, -0.05) is 0 Å². The van der Waals surface area contributed by atoms with Crippen LogP contribution in [0.25, 0.3) is 16.5 Å². The molecule has 3 aromatic rings. The highest BCUT2D eigenvalue weighted by atomic mass is 32.2. The predicted octanol–water partition coefficient (Wildman–Crippen LogP) is 3.39. The molecule has 0 radical (unpaired) electrons. The number of hydrogen-bond acceptors (Lipinski definition) is 10. The summed E-state index contributed by atoms with van der Waals surface area (Å²) in [7, 11) is 5.78. The Morgan fingerprint density at radius 1 is 1.29 bits per heavy atom. The lowest BCUT2D eigenvalue weighted by Gasteiger charge is -2.46. The van der Waals surface area contributed by atoms with Crippen LogP contribution in [0, 0.1) is 0 Å². The number of hydrogen-bond donors (Lipinski definition) is 3. The van der Waals surface area contributed by atoms with E-state index in [2.05, 4.69) is 25.2 Å². The molecule has 184 valence electrons. The minimum absolute atomic E-state index is 0.187. The molecule has 10 heteroatoms. The van der Waals surface area contributed by atoms with Crippen LogP contribution in [0.4, 0.5) is 17.2 Å². The van der Waals surface area contributed by atoms with Crippen LogP contribution < -0.4 is 21.5 Å². The number of aromatic nitrogens is 2. The van der Waals surface area contributed by atoms with E-state index >= 15 is 0 Å². The first-order valence-electron chi connectivity index (χ1n) is 11.1. The molecule has 1 aliphatic heterocycles. The van der Waals surface area contributed by atoms with E-state index in [0.29, 0.717) is 31.4 Å². The van der Waals surface area contributed by atoms with Gasteiger partial charge in [-0.25, -0.2) is 9.97 Å². The third kappa shape index (κ3) is 5.04. The molecule has 0 aliphatic carbocycles. The maximum atomic E-state index is 6.47. The van der Waals surface area contributed by atoms with Gasteiger partial charge in [0.2, 0.25) is 0 Å². The quantitative estimate of drug-likeness (QED) is 0.234. The number of fused-ring (bicyclic) bond motifs is 1. The number of nitrogen functional groups attached to an aromatic ring is 1. The van der Waals surface area contributed by atoms with Gasteiger partial charge < -0.3 is 26.3 Å². The number of anilines is 3. The van der Waals surface area contributed by atoms with Gasteiger partial charge in [0.25, 0.3) is 0 Å². The molecule has 1 aromatic heterocycles. The number of ether oxygens (including phenoxy) is 2. The van der Waals surface area contributed by atoms with E-state index in [0.717, 1.165) is 38.3 Å². The van der Waals surface area contributed by atoms with Gasteiger partial charge in [-0.2, -0.15) is 0 Å². The first-order chi connectivity index (χ1) is 16.9. The highest BCUT2D eigenvalue weighted by Crippen LogP contribution is 2.36. The first kappa shape index (κ1) is 24.8. The third-order valence-corrected chi connectivity index (χ3v) is 6.96. The summed E-state index contributed by atoms with van der Waals surface area (Å²) >= 11 is 1.59. The molecule has 0 amide bonds. The Labute approximate surface area is 209 Å². The average molecular weight is 494 g/mol. The minimum atomic E-state index is -0.187. The topological polar surface area (TPSA) is 124 Å². The van der Waals surface area contributed by atoms with E-state index in [1.165, 1.54) is 12.5 Å². The third-order valence-electron chi connectivity index (χ3n) is 6.17. The van der Waals surface area contributed by atoms with Crippen molar-refractivity contribution < 1.29 is 9.47 Å². The van der Waals surface area contributed by atoms with Gasteiger partial charge in [-0.3, -0.25) is 9.89 Å². The number of allylic oxidation sites excluding steroid dienone is 1. The monoisotopic (exact) mass is 493 g/mol. The van der Waals surface area contributed by atoms with Crippen molar-refractivity contribution in [2.75, 3.05) is 58.3 Å². The van der Waals surface area contributed by atoms with Crippen LogP contribution >= 0.6 is 11.8 Å². The Morgan fingerprint density at radius 3 is 2.71 bits per heavy atom. The molecule has 2 aromatic carbocycles. The Morgan fingerprint density at radius 2 is 2.09 bits per heavy atom. The van der Waals surface area contributed by atoms with Gasteiger partial charge in [-0.15, -0.1) is 11.8 Å². The summed E-state index contributed by atoms with van der Waals surface area (Å²) in [6.45, 7) is 1.67. The predicted molar refractivity (Wildman–Crippen MR) is 145 cm³/mol. The molecule has 0 atom stereocenters. The smallest absolute Gasteiger partial charge is 0.145 e. The number of aliphatic imine (C=N–C) groups is 1. The maximum Gasteiger partial charge on any atom is 0.145 e. The fourth-order valence-electron chi connectivity index (χ4n) is 3.83. The summed E-state index contributed by atoms with van der Waals surface area (Å²) in [5.74, 6) is 1.29. The highest BCUT2D eigenvalue weighted by Gasteiger charge is 2.42. The van der Waals surface area contributed by atoms with Crippen LogP contribution in [-0.2, 0) is 4.74 Å². The van der Waals surface area contributed by atoms with Crippen molar-refractivity contribution in [3.8, 4) is 5.75 Å². The largest absolute Gasteiger partial charge is 0.491 e. The summed E-state index contributed by atoms with van der Waals surface area (Å²) in [5, 5.41) is 4.20. The van der Waals surface area contributed by atoms with Crippen LogP contribution in [0.5, 0.6) is 5.75 Å². The highest BCUT2D eigenvalue weighted by molar-refractivity contribution is 7.98. The number of thioether (sulfide) groups is 1. The second-order valence-electron chi connectivity index (χ2n) is 8.58. The molecule has 9 nitrogen and oxygen atoms in total. The Kier molecular flexibility index (Phi) is 7.44. The van der Waals surface area contributed by atoms with E-state index in [-0.39, 0.29) is 5.54 Å². The summed E-state index contributed by atoms with van der Waals surface area (Å²) in [5.41, 5.74) is 15.7. The molecule has 1 saturated heterocycles. The second-order valence-corrected chi connectivity index (χ2v) is 9.43. The molecule has 1 aliphatic rings. The molecule has 0 spiro atoms. The zero-order valence-electron chi connectivity index (χ0n) is 20.4. The molecular weight excluding hydrogens is 462 g/mol. The SMILES string of the molecule is CN=C/C(=C\N)c1cc(OCC2(N(C)C)COC2)c2c(Nc3ccc(N)c(SC)c3)ncnc2c1. The van der Waals surface area contributed by atoms with E-state index in [4.69, 9.17) is 20.9 Å². The molecule has 35 heavy (non-hydrogen) atoms. The normalized spacial score (nSPS) is 15.5. The van der Waals surface area contributed by atoms with E-state index < -0.39 is 0 Å². The Bertz CT molecular complexity index is 1270. The van der Waals surface area contributed by atoms with Crippen LogP contribution in [0.1, 0.15) is 5.56 Å². The summed E-state index contributed by atoms with van der Waals surface area (Å²) in [6.07, 6.45) is 6.77. The van der Waals surface area contributed by atoms with Gasteiger partial charge in [0.05, 0.1) is 24.1 Å². The van der Waals surface area contributed by atoms with Crippen LogP contribution in [0.2, 0.25) is 0 Å². The molecule has 2 heterocycles. The van der Waals surface area contributed by atoms with Crippen molar-refractivity contribution in [3.63, 3.8) is 0 Å². The summed E-state index contributed by atoms with van der Waals surface area (Å²) in [4.78, 5) is 16.3. The van der Waals surface area contributed by atoms with Gasteiger partial charge in [-0.05, 0) is 56.2 Å². The van der Waals surface area contributed by atoms with Crippen molar-refractivity contribution in [3.05, 3.63) is 48.4 Å². The van der Waals surface area contributed by atoms with Crippen molar-refractivity contribution in [2.45, 2.75) is 10.4 Å². The summed E-state index contributed by atoms with van der Waals surface area (Å²) in [6, 6.07) is 9.73. The lowest BCUT2D eigenvalue weighted by atomic mass is 9.97. The number of rotatable bonds is 9. The molecule has 0 bridgehead atoms. The second kappa shape index (κ2) is 10.5. The number of nitrogens with zero attached hydrogens (tertiary/aromatic N) is 4. The van der Waals surface area contributed by atoms with Crippen molar-refractivity contribution >= 4 is 51.6 Å². The molecular formula is C25H31N7O2S.